The normalized spacial score (nSPS) is 8.00. The Balaban J connectivity index is 0. The fourth-order valence-corrected chi connectivity index (χ4v) is 0.276. The molecule has 0 atom stereocenters. The Morgan fingerprint density at radius 3 is 1.60 bits per heavy atom. The monoisotopic (exact) mass is 140 g/mol. The zero-order valence-corrected chi connectivity index (χ0v) is 5.63. The Morgan fingerprint density at radius 2 is 1.40 bits per heavy atom. The quantitative estimate of drug-likeness (QED) is 0.408. The van der Waals surface area contributed by atoms with Crippen molar-refractivity contribution in [1.29, 1.82) is 0 Å². The van der Waals surface area contributed by atoms with Crippen molar-refractivity contribution < 1.29 is 19.8 Å². The smallest absolute Gasteiger partial charge is 0.317 e. The number of aliphatic carboxylic acids is 2. The third kappa shape index (κ3) is 10.5. The van der Waals surface area contributed by atoms with Gasteiger partial charge in [0.1, 0.15) is 0 Å². The van der Waals surface area contributed by atoms with Crippen LogP contribution in [0, 0.1) is 0 Å². The van der Waals surface area contributed by atoms with Gasteiger partial charge >= 0.3 is 11.9 Å². The van der Waals surface area contributed by atoms with Crippen LogP contribution in [0.2, 0.25) is 0 Å². The van der Waals surface area contributed by atoms with E-state index in [1.165, 1.54) is 0 Å². The first-order valence-electron chi connectivity index (χ1n) is 2.27. The van der Waals surface area contributed by atoms with E-state index in [9.17, 15) is 9.59 Å². The van der Waals surface area contributed by atoms with Gasteiger partial charge in [0, 0.05) is 18.9 Å². The molecule has 0 aromatic carbocycles. The molecule has 0 aromatic rings. The molecule has 0 saturated heterocycles. The predicted octanol–water partition coefficient (Wildman–Crippen LogP) is -1.64. The molecule has 53 valence electrons. The van der Waals surface area contributed by atoms with Crippen molar-refractivity contribution in [2.45, 2.75) is 0 Å². The zero-order chi connectivity index (χ0) is 7.28. The van der Waals surface area contributed by atoms with Crippen LogP contribution in [0.25, 0.3) is 0 Å². The molecule has 0 aliphatic carbocycles. The van der Waals surface area contributed by atoms with Crippen LogP contribution in [-0.2, 0) is 9.59 Å². The molecule has 0 rings (SSSR count). The molecule has 0 unspecified atom stereocenters. The van der Waals surface area contributed by atoms with Gasteiger partial charge in [-0.3, -0.25) is 14.9 Å². The molecule has 0 saturated carbocycles. The Bertz CT molecular complexity index is 112. The van der Waals surface area contributed by atoms with Crippen LogP contribution in [0.15, 0.2) is 0 Å². The molecule has 0 amide bonds. The minimum atomic E-state index is -1.06. The van der Waals surface area contributed by atoms with E-state index in [0.717, 1.165) is 0 Å². The average molecular weight is 140 g/mol. The number of carbonyl (C=O) groups is 2. The van der Waals surface area contributed by atoms with Gasteiger partial charge in [0.2, 0.25) is 0 Å². The maximum atomic E-state index is 9.73. The third-order valence-electron chi connectivity index (χ3n) is 0.552. The van der Waals surface area contributed by atoms with Crippen LogP contribution in [0.4, 0.5) is 0 Å². The number of nitrogens with one attached hydrogen (secondary N) is 1. The van der Waals surface area contributed by atoms with Gasteiger partial charge in [0.05, 0.1) is 13.1 Å². The molecule has 0 bridgehead atoms. The van der Waals surface area contributed by atoms with Gasteiger partial charge in [-0.1, -0.05) is 0 Å². The SMILES string of the molecule is O=C(O)CNCC(=O)O.[Li]. The van der Waals surface area contributed by atoms with Crippen molar-refractivity contribution in [2.24, 2.45) is 0 Å². The minimum absolute atomic E-state index is 0. The van der Waals surface area contributed by atoms with Gasteiger partial charge in [0.15, 0.2) is 0 Å². The van der Waals surface area contributed by atoms with E-state index in [1.54, 1.807) is 0 Å². The fourth-order valence-electron chi connectivity index (χ4n) is 0.276. The molecular weight excluding hydrogens is 133 g/mol. The van der Waals surface area contributed by atoms with E-state index in [0.29, 0.717) is 0 Å². The first kappa shape index (κ1) is 12.2. The molecule has 0 aliphatic rings. The molecule has 0 aliphatic heterocycles. The van der Waals surface area contributed by atoms with Crippen LogP contribution >= 0.6 is 0 Å². The largest absolute Gasteiger partial charge is 0.480 e. The number of hydrogen-bond donors (Lipinski definition) is 3. The maximum Gasteiger partial charge on any atom is 0.317 e. The first-order valence-corrected chi connectivity index (χ1v) is 2.27. The third-order valence-corrected chi connectivity index (χ3v) is 0.552. The second-order valence-corrected chi connectivity index (χ2v) is 1.39. The van der Waals surface area contributed by atoms with Gasteiger partial charge in [-0.05, 0) is 0 Å². The summed E-state index contributed by atoms with van der Waals surface area (Å²) >= 11 is 0. The van der Waals surface area contributed by atoms with Crippen LogP contribution < -0.4 is 5.32 Å². The van der Waals surface area contributed by atoms with Crippen LogP contribution in [0.5, 0.6) is 0 Å². The zero-order valence-electron chi connectivity index (χ0n) is 5.63. The summed E-state index contributed by atoms with van der Waals surface area (Å²) in [6, 6.07) is 0. The second-order valence-electron chi connectivity index (χ2n) is 1.39. The van der Waals surface area contributed by atoms with E-state index in [2.05, 4.69) is 5.32 Å². The van der Waals surface area contributed by atoms with Crippen LogP contribution in [0.1, 0.15) is 0 Å². The summed E-state index contributed by atoms with van der Waals surface area (Å²) in [6.07, 6.45) is 0. The van der Waals surface area contributed by atoms with Crippen LogP contribution in [0.3, 0.4) is 0 Å². The molecule has 0 fully saturated rings. The number of hydrogen-bond acceptors (Lipinski definition) is 3. The summed E-state index contributed by atoms with van der Waals surface area (Å²) in [5.74, 6) is -2.12. The Labute approximate surface area is 69.6 Å². The number of carboxylic acids is 2. The van der Waals surface area contributed by atoms with Gasteiger partial charge in [-0.2, -0.15) is 0 Å². The topological polar surface area (TPSA) is 86.6 Å². The van der Waals surface area contributed by atoms with Crippen LogP contribution in [-0.4, -0.2) is 54.1 Å². The van der Waals surface area contributed by atoms with Gasteiger partial charge in [-0.15, -0.1) is 0 Å². The van der Waals surface area contributed by atoms with Crippen molar-refractivity contribution in [3.05, 3.63) is 0 Å². The summed E-state index contributed by atoms with van der Waals surface area (Å²) < 4.78 is 0. The van der Waals surface area contributed by atoms with E-state index in [4.69, 9.17) is 10.2 Å². The summed E-state index contributed by atoms with van der Waals surface area (Å²) in [4.78, 5) is 19.5. The van der Waals surface area contributed by atoms with E-state index < -0.39 is 11.9 Å². The van der Waals surface area contributed by atoms with Crippen molar-refractivity contribution in [1.82, 2.24) is 5.32 Å². The van der Waals surface area contributed by atoms with Crippen molar-refractivity contribution in [3.8, 4) is 0 Å². The molecule has 5 nitrogen and oxygen atoms in total. The summed E-state index contributed by atoms with van der Waals surface area (Å²) in [7, 11) is 0. The van der Waals surface area contributed by atoms with Gasteiger partial charge in [-0.25, -0.2) is 0 Å². The summed E-state index contributed by atoms with van der Waals surface area (Å²) in [6.45, 7) is -0.626. The summed E-state index contributed by atoms with van der Waals surface area (Å²) in [5.41, 5.74) is 0. The van der Waals surface area contributed by atoms with Crippen molar-refractivity contribution in [3.63, 3.8) is 0 Å². The summed E-state index contributed by atoms with van der Waals surface area (Å²) in [5, 5.41) is 18.1. The molecular formula is C4H7LiNO4. The van der Waals surface area contributed by atoms with Crippen molar-refractivity contribution >= 4 is 30.8 Å². The molecule has 6 heteroatoms. The number of carboxylic acid groups (broad SMARTS) is 2. The molecule has 0 spiro atoms. The van der Waals surface area contributed by atoms with E-state index in [1.807, 2.05) is 0 Å². The van der Waals surface area contributed by atoms with E-state index >= 15 is 0 Å². The first-order chi connectivity index (χ1) is 4.13. The Hall–Kier alpha value is -0.503. The van der Waals surface area contributed by atoms with Crippen molar-refractivity contribution in [2.75, 3.05) is 13.1 Å². The average Bonchev–Trinajstić information content (AvgIpc) is 1.63. The molecule has 1 radical (unpaired) electrons. The molecule has 3 N–H and O–H groups in total. The van der Waals surface area contributed by atoms with Gasteiger partial charge in [0.25, 0.3) is 0 Å². The standard InChI is InChI=1S/C4H7NO4.Li/c6-3(7)1-5-2-4(8)9;/h5H,1-2H2,(H,6,7)(H,8,9);. The predicted molar refractivity (Wildman–Crippen MR) is 33.9 cm³/mol. The molecule has 0 heterocycles. The number of rotatable bonds is 4. The van der Waals surface area contributed by atoms with Gasteiger partial charge < -0.3 is 10.2 Å². The fraction of sp³-hybridized carbons (Fsp3) is 0.500. The minimum Gasteiger partial charge on any atom is -0.480 e. The van der Waals surface area contributed by atoms with E-state index in [-0.39, 0.29) is 32.0 Å². The Morgan fingerprint density at radius 1 is 1.10 bits per heavy atom. The second kappa shape index (κ2) is 6.62. The molecule has 10 heavy (non-hydrogen) atoms. The Kier molecular flexibility index (Phi) is 8.07. The molecule has 0 aromatic heterocycles. The maximum absolute atomic E-state index is 9.73.